The van der Waals surface area contributed by atoms with Gasteiger partial charge in [0.15, 0.2) is 5.82 Å². The molecule has 0 fully saturated rings. The minimum atomic E-state index is -4.28. The molecule has 34 heavy (non-hydrogen) atoms. The largest absolute Gasteiger partial charge is 0.465 e. The molecule has 0 amide bonds. The number of fused-ring (bicyclic) bond motifs is 1. The van der Waals surface area contributed by atoms with Crippen LogP contribution in [0.3, 0.4) is 0 Å². The molecule has 0 N–H and O–H groups in total. The minimum absolute atomic E-state index is 0.0227. The summed E-state index contributed by atoms with van der Waals surface area (Å²) in [6.07, 6.45) is 2.99. The van der Waals surface area contributed by atoms with Gasteiger partial charge in [-0.15, -0.1) is 0 Å². The second kappa shape index (κ2) is 9.42. The molecule has 0 radical (unpaired) electrons. The highest BCUT2D eigenvalue weighted by Crippen LogP contribution is 2.34. The molecular formula is C22H17Cl3N4O4S. The number of carbonyl (C=O) groups excluding carboxylic acids is 1. The molecule has 0 unspecified atom stereocenters. The van der Waals surface area contributed by atoms with Gasteiger partial charge >= 0.3 is 5.97 Å². The molecule has 8 nitrogen and oxygen atoms in total. The van der Waals surface area contributed by atoms with E-state index in [0.717, 1.165) is 15.2 Å². The predicted octanol–water partition coefficient (Wildman–Crippen LogP) is 5.11. The number of hydrogen-bond acceptors (Lipinski definition) is 6. The van der Waals surface area contributed by atoms with E-state index in [1.807, 2.05) is 19.2 Å². The number of sulfonamides is 1. The molecule has 0 spiro atoms. The SMILES string of the molecule is COC(=O)c1ccc(S(=O)(=O)N(Cc2ccc3c(cnn3C)c2)c2ncc(Cl)cc2Cl)c(Cl)c1. The lowest BCUT2D eigenvalue weighted by atomic mass is 10.1. The smallest absolute Gasteiger partial charge is 0.337 e. The first-order chi connectivity index (χ1) is 16.1. The van der Waals surface area contributed by atoms with Crippen molar-refractivity contribution < 1.29 is 17.9 Å². The second-order valence-corrected chi connectivity index (χ2v) is 10.4. The van der Waals surface area contributed by atoms with Crippen molar-refractivity contribution in [1.82, 2.24) is 14.8 Å². The number of benzene rings is 2. The number of aryl methyl sites for hydroxylation is 1. The maximum atomic E-state index is 13.8. The Balaban J connectivity index is 1.83. The zero-order chi connectivity index (χ0) is 24.6. The molecule has 0 saturated heterocycles. The molecule has 0 aliphatic carbocycles. The molecule has 12 heteroatoms. The average molecular weight is 540 g/mol. The lowest BCUT2D eigenvalue weighted by molar-refractivity contribution is 0.0600. The van der Waals surface area contributed by atoms with Crippen molar-refractivity contribution in [2.75, 3.05) is 11.4 Å². The molecule has 0 aliphatic heterocycles. The van der Waals surface area contributed by atoms with Crippen molar-refractivity contribution >= 4 is 67.5 Å². The van der Waals surface area contributed by atoms with Crippen LogP contribution in [0, 0.1) is 0 Å². The summed E-state index contributed by atoms with van der Waals surface area (Å²) in [4.78, 5) is 15.8. The number of pyridine rings is 1. The number of anilines is 1. The van der Waals surface area contributed by atoms with Crippen molar-refractivity contribution in [1.29, 1.82) is 0 Å². The predicted molar refractivity (Wildman–Crippen MR) is 131 cm³/mol. The van der Waals surface area contributed by atoms with Crippen LogP contribution >= 0.6 is 34.8 Å². The Morgan fingerprint density at radius 3 is 2.50 bits per heavy atom. The number of aromatic nitrogens is 3. The Labute approximate surface area is 210 Å². The van der Waals surface area contributed by atoms with Crippen molar-refractivity contribution in [3.05, 3.63) is 81.1 Å². The van der Waals surface area contributed by atoms with Gasteiger partial charge in [-0.2, -0.15) is 5.10 Å². The van der Waals surface area contributed by atoms with Gasteiger partial charge in [-0.3, -0.25) is 4.68 Å². The monoisotopic (exact) mass is 538 g/mol. The first-order valence-electron chi connectivity index (χ1n) is 9.74. The van der Waals surface area contributed by atoms with Crippen LogP contribution in [0.4, 0.5) is 5.82 Å². The van der Waals surface area contributed by atoms with Crippen LogP contribution in [0.2, 0.25) is 15.1 Å². The van der Waals surface area contributed by atoms with E-state index in [0.29, 0.717) is 5.56 Å². The zero-order valence-corrected chi connectivity index (χ0v) is 21.0. The van der Waals surface area contributed by atoms with Gasteiger partial charge < -0.3 is 4.74 Å². The lowest BCUT2D eigenvalue weighted by Gasteiger charge is -2.25. The standard InChI is InChI=1S/C22H17Cl3N4O4S/c1-28-19-5-3-13(7-15(19)10-27-28)12-29(21-18(25)9-16(23)11-26-21)34(31,32)20-6-4-14(8-17(20)24)22(30)33-2/h3-11H,12H2,1-2H3. The van der Waals surface area contributed by atoms with E-state index in [4.69, 9.17) is 34.8 Å². The Bertz CT molecular complexity index is 1520. The van der Waals surface area contributed by atoms with Crippen molar-refractivity contribution in [2.45, 2.75) is 11.4 Å². The number of halogens is 3. The Morgan fingerprint density at radius 2 is 1.82 bits per heavy atom. The molecule has 0 aliphatic rings. The highest BCUT2D eigenvalue weighted by molar-refractivity contribution is 7.93. The van der Waals surface area contributed by atoms with Gasteiger partial charge in [0.05, 0.1) is 46.0 Å². The van der Waals surface area contributed by atoms with Gasteiger partial charge in [-0.05, 0) is 42.0 Å². The molecule has 0 bridgehead atoms. The van der Waals surface area contributed by atoms with E-state index < -0.39 is 16.0 Å². The van der Waals surface area contributed by atoms with Crippen molar-refractivity contribution in [2.24, 2.45) is 7.05 Å². The quantitative estimate of drug-likeness (QED) is 0.316. The van der Waals surface area contributed by atoms with E-state index in [1.54, 1.807) is 16.9 Å². The normalized spacial score (nSPS) is 11.6. The number of nitrogens with zero attached hydrogens (tertiary/aromatic N) is 4. The van der Waals surface area contributed by atoms with Crippen LogP contribution in [-0.4, -0.2) is 36.3 Å². The summed E-state index contributed by atoms with van der Waals surface area (Å²) in [7, 11) is -1.24. The molecule has 2 aromatic heterocycles. The highest BCUT2D eigenvalue weighted by atomic mass is 35.5. The van der Waals surface area contributed by atoms with Gasteiger partial charge in [-0.25, -0.2) is 22.5 Å². The Hall–Kier alpha value is -2.85. The fraction of sp³-hybridized carbons (Fsp3) is 0.136. The van der Waals surface area contributed by atoms with Gasteiger partial charge in [0, 0.05) is 18.6 Å². The second-order valence-electron chi connectivity index (χ2n) is 7.27. The van der Waals surface area contributed by atoms with E-state index in [2.05, 4.69) is 14.8 Å². The number of hydrogen-bond donors (Lipinski definition) is 0. The third kappa shape index (κ3) is 4.56. The molecule has 4 rings (SSSR count). The average Bonchev–Trinajstić information content (AvgIpc) is 3.17. The topological polar surface area (TPSA) is 94.4 Å². The highest BCUT2D eigenvalue weighted by Gasteiger charge is 2.31. The molecule has 2 aromatic carbocycles. The zero-order valence-electron chi connectivity index (χ0n) is 17.9. The third-order valence-corrected chi connectivity index (χ3v) is 7.79. The van der Waals surface area contributed by atoms with E-state index in [-0.39, 0.29) is 37.9 Å². The summed E-state index contributed by atoms with van der Waals surface area (Å²) in [6, 6.07) is 10.7. The number of ether oxygens (including phenoxy) is 1. The van der Waals surface area contributed by atoms with Gasteiger partial charge in [0.2, 0.25) is 0 Å². The number of methoxy groups -OCH3 is 1. The maximum absolute atomic E-state index is 13.8. The van der Waals surface area contributed by atoms with E-state index in [9.17, 15) is 13.2 Å². The molecule has 2 heterocycles. The van der Waals surface area contributed by atoms with E-state index >= 15 is 0 Å². The van der Waals surface area contributed by atoms with Crippen LogP contribution < -0.4 is 4.31 Å². The Morgan fingerprint density at radius 1 is 1.06 bits per heavy atom. The van der Waals surface area contributed by atoms with Crippen LogP contribution in [0.5, 0.6) is 0 Å². The summed E-state index contributed by atoms with van der Waals surface area (Å²) in [6.45, 7) is -0.101. The minimum Gasteiger partial charge on any atom is -0.465 e. The summed E-state index contributed by atoms with van der Waals surface area (Å²) in [5.41, 5.74) is 1.67. The molecule has 0 atom stereocenters. The lowest BCUT2D eigenvalue weighted by Crippen LogP contribution is -2.32. The first-order valence-corrected chi connectivity index (χ1v) is 12.3. The number of rotatable bonds is 6. The third-order valence-electron chi connectivity index (χ3n) is 5.08. The molecule has 0 saturated carbocycles. The number of esters is 1. The van der Waals surface area contributed by atoms with Crippen molar-refractivity contribution in [3.63, 3.8) is 0 Å². The number of carbonyl (C=O) groups is 1. The van der Waals surface area contributed by atoms with Crippen LogP contribution in [0.25, 0.3) is 10.9 Å². The van der Waals surface area contributed by atoms with Gasteiger partial charge in [0.1, 0.15) is 4.90 Å². The summed E-state index contributed by atoms with van der Waals surface area (Å²) >= 11 is 18.6. The van der Waals surface area contributed by atoms with Gasteiger partial charge in [-0.1, -0.05) is 40.9 Å². The summed E-state index contributed by atoms with van der Waals surface area (Å²) < 4.78 is 35.0. The van der Waals surface area contributed by atoms with E-state index in [1.165, 1.54) is 37.6 Å². The van der Waals surface area contributed by atoms with Crippen molar-refractivity contribution in [3.8, 4) is 0 Å². The fourth-order valence-corrected chi connectivity index (χ4v) is 5.90. The first kappa shape index (κ1) is 24.3. The maximum Gasteiger partial charge on any atom is 0.337 e. The van der Waals surface area contributed by atoms with Gasteiger partial charge in [0.25, 0.3) is 10.0 Å². The summed E-state index contributed by atoms with van der Waals surface area (Å²) in [5, 5.41) is 5.20. The summed E-state index contributed by atoms with van der Waals surface area (Å²) in [5.74, 6) is -0.666. The molecule has 176 valence electrons. The van der Waals surface area contributed by atoms with Crippen LogP contribution in [0.1, 0.15) is 15.9 Å². The van der Waals surface area contributed by atoms with Crippen LogP contribution in [-0.2, 0) is 28.4 Å². The molecular weight excluding hydrogens is 523 g/mol. The molecule has 4 aromatic rings. The fourth-order valence-electron chi connectivity index (χ4n) is 3.42. The Kier molecular flexibility index (Phi) is 6.73. The van der Waals surface area contributed by atoms with Crippen LogP contribution in [0.15, 0.2) is 59.8 Å².